The third-order valence-corrected chi connectivity index (χ3v) is 4.22. The summed E-state index contributed by atoms with van der Waals surface area (Å²) in [6.07, 6.45) is 1.47. The number of carbonyl (C=O) groups is 3. The van der Waals surface area contributed by atoms with Crippen LogP contribution in [0.5, 0.6) is 0 Å². The number of piperidine rings is 1. The van der Waals surface area contributed by atoms with Crippen LogP contribution in [0.1, 0.15) is 30.1 Å². The molecule has 1 amide bonds. The van der Waals surface area contributed by atoms with Crippen molar-refractivity contribution in [3.05, 3.63) is 29.8 Å². The molecule has 0 aliphatic carbocycles. The molecule has 1 aliphatic heterocycles. The lowest BCUT2D eigenvalue weighted by Gasteiger charge is -2.27. The van der Waals surface area contributed by atoms with Gasteiger partial charge in [0.05, 0.1) is 31.8 Å². The number of amides is 1. The number of rotatable bonds is 5. The molecule has 6 nitrogen and oxygen atoms in total. The molecular weight excluding hydrogens is 296 g/mol. The Kier molecular flexibility index (Phi) is 5.87. The van der Waals surface area contributed by atoms with Crippen molar-refractivity contribution < 1.29 is 24.0 Å². The molecule has 1 aromatic rings. The van der Waals surface area contributed by atoms with Gasteiger partial charge in [0.1, 0.15) is 0 Å². The number of likely N-dealkylation sites (tertiary alicyclic amines) is 1. The molecule has 0 saturated carbocycles. The summed E-state index contributed by atoms with van der Waals surface area (Å²) in [6.45, 7) is 3.34. The Labute approximate surface area is 135 Å². The van der Waals surface area contributed by atoms with Crippen LogP contribution in [0.25, 0.3) is 0 Å². The molecule has 1 aromatic carbocycles. The third kappa shape index (κ3) is 4.63. The molecule has 0 spiro atoms. The van der Waals surface area contributed by atoms with E-state index in [-0.39, 0.29) is 23.6 Å². The van der Waals surface area contributed by atoms with Crippen LogP contribution in [0.2, 0.25) is 0 Å². The van der Waals surface area contributed by atoms with Gasteiger partial charge in [-0.3, -0.25) is 14.4 Å². The minimum Gasteiger partial charge on any atom is -0.469 e. The molecule has 1 fully saturated rings. The number of carbonyl (C=O) groups excluding carboxylic acids is 3. The number of Topliss-reactive ketones (excluding diaryl/α,β-unsaturated/α-hetero) is 1. The number of para-hydroxylation sites is 1. The van der Waals surface area contributed by atoms with Crippen LogP contribution in [0.3, 0.4) is 0 Å². The third-order valence-electron chi connectivity index (χ3n) is 4.22. The number of nitrogens with one attached hydrogen (secondary N) is 2. The van der Waals surface area contributed by atoms with Gasteiger partial charge < -0.3 is 15.0 Å². The van der Waals surface area contributed by atoms with Gasteiger partial charge in [0, 0.05) is 18.4 Å². The van der Waals surface area contributed by atoms with Crippen LogP contribution in [-0.2, 0) is 14.3 Å². The molecule has 2 rings (SSSR count). The average Bonchev–Trinajstić information content (AvgIpc) is 2.55. The predicted molar refractivity (Wildman–Crippen MR) is 85.4 cm³/mol. The van der Waals surface area contributed by atoms with Crippen molar-refractivity contribution in [2.75, 3.05) is 32.1 Å². The molecule has 1 aliphatic rings. The van der Waals surface area contributed by atoms with Crippen LogP contribution in [-0.4, -0.2) is 44.4 Å². The molecular formula is C17H23N2O4+. The monoisotopic (exact) mass is 319 g/mol. The lowest BCUT2D eigenvalue weighted by Crippen LogP contribution is -3.14. The van der Waals surface area contributed by atoms with Crippen molar-refractivity contribution in [2.45, 2.75) is 19.8 Å². The number of quaternary nitrogens is 1. The van der Waals surface area contributed by atoms with E-state index in [0.717, 1.165) is 30.8 Å². The number of ether oxygens (including phenoxy) is 1. The Balaban J connectivity index is 1.87. The lowest BCUT2D eigenvalue weighted by atomic mass is 9.97. The van der Waals surface area contributed by atoms with Crippen LogP contribution >= 0.6 is 0 Å². The smallest absolute Gasteiger partial charge is 0.309 e. The molecule has 124 valence electrons. The highest BCUT2D eigenvalue weighted by Crippen LogP contribution is 2.15. The van der Waals surface area contributed by atoms with E-state index in [4.69, 9.17) is 4.74 Å². The average molecular weight is 319 g/mol. The van der Waals surface area contributed by atoms with E-state index in [9.17, 15) is 14.4 Å². The number of hydrogen-bond donors (Lipinski definition) is 2. The van der Waals surface area contributed by atoms with E-state index in [1.807, 2.05) is 0 Å². The molecule has 0 atom stereocenters. The van der Waals surface area contributed by atoms with Gasteiger partial charge in [0.15, 0.2) is 12.3 Å². The molecule has 1 saturated heterocycles. The fourth-order valence-corrected chi connectivity index (χ4v) is 2.93. The Morgan fingerprint density at radius 3 is 2.48 bits per heavy atom. The van der Waals surface area contributed by atoms with E-state index in [1.54, 1.807) is 24.3 Å². The molecule has 1 heterocycles. The topological polar surface area (TPSA) is 76.9 Å². The highest BCUT2D eigenvalue weighted by molar-refractivity contribution is 6.03. The SMILES string of the molecule is COC(=O)C1CC[NH+](CC(=O)Nc2ccccc2C(C)=O)CC1. The van der Waals surface area contributed by atoms with E-state index in [2.05, 4.69) is 5.32 Å². The highest BCUT2D eigenvalue weighted by atomic mass is 16.5. The second-order valence-electron chi connectivity index (χ2n) is 5.87. The van der Waals surface area contributed by atoms with Crippen LogP contribution in [0.4, 0.5) is 5.69 Å². The zero-order valence-electron chi connectivity index (χ0n) is 13.6. The fourth-order valence-electron chi connectivity index (χ4n) is 2.93. The van der Waals surface area contributed by atoms with Gasteiger partial charge >= 0.3 is 5.97 Å². The zero-order valence-corrected chi connectivity index (χ0v) is 13.6. The molecule has 2 N–H and O–H groups in total. The van der Waals surface area contributed by atoms with Gasteiger partial charge in [0.25, 0.3) is 5.91 Å². The van der Waals surface area contributed by atoms with Crippen molar-refractivity contribution in [1.82, 2.24) is 0 Å². The fraction of sp³-hybridized carbons (Fsp3) is 0.471. The van der Waals surface area contributed by atoms with Gasteiger partial charge in [-0.25, -0.2) is 0 Å². The van der Waals surface area contributed by atoms with Crippen molar-refractivity contribution in [3.63, 3.8) is 0 Å². The minimum atomic E-state index is -0.163. The number of benzene rings is 1. The van der Waals surface area contributed by atoms with Crippen LogP contribution in [0, 0.1) is 5.92 Å². The first-order valence-corrected chi connectivity index (χ1v) is 7.82. The second kappa shape index (κ2) is 7.87. The lowest BCUT2D eigenvalue weighted by molar-refractivity contribution is -0.897. The number of methoxy groups -OCH3 is 1. The summed E-state index contributed by atoms with van der Waals surface area (Å²) < 4.78 is 4.76. The minimum absolute atomic E-state index is 0.0507. The zero-order chi connectivity index (χ0) is 16.8. The van der Waals surface area contributed by atoms with Gasteiger partial charge in [-0.05, 0) is 19.1 Å². The van der Waals surface area contributed by atoms with Gasteiger partial charge in [-0.15, -0.1) is 0 Å². The molecule has 23 heavy (non-hydrogen) atoms. The Bertz CT molecular complexity index is 592. The van der Waals surface area contributed by atoms with Crippen molar-refractivity contribution >= 4 is 23.3 Å². The molecule has 0 radical (unpaired) electrons. The summed E-state index contributed by atoms with van der Waals surface area (Å²) in [6, 6.07) is 6.99. The number of anilines is 1. The number of hydrogen-bond acceptors (Lipinski definition) is 4. The van der Waals surface area contributed by atoms with E-state index in [1.165, 1.54) is 14.0 Å². The van der Waals surface area contributed by atoms with Gasteiger partial charge in [-0.1, -0.05) is 12.1 Å². The number of ketones is 1. The van der Waals surface area contributed by atoms with E-state index in [0.29, 0.717) is 17.8 Å². The van der Waals surface area contributed by atoms with Crippen molar-refractivity contribution in [3.8, 4) is 0 Å². The summed E-state index contributed by atoms with van der Waals surface area (Å²) in [5, 5.41) is 2.81. The Morgan fingerprint density at radius 2 is 1.87 bits per heavy atom. The molecule has 6 heteroatoms. The van der Waals surface area contributed by atoms with Crippen molar-refractivity contribution in [1.29, 1.82) is 0 Å². The predicted octanol–water partition coefficient (Wildman–Crippen LogP) is 0.296. The van der Waals surface area contributed by atoms with Crippen LogP contribution in [0.15, 0.2) is 24.3 Å². The summed E-state index contributed by atoms with van der Waals surface area (Å²) >= 11 is 0. The molecule has 0 aromatic heterocycles. The summed E-state index contributed by atoms with van der Waals surface area (Å²) in [5.41, 5.74) is 1.06. The quantitative estimate of drug-likeness (QED) is 0.604. The summed E-state index contributed by atoms with van der Waals surface area (Å²) in [4.78, 5) is 36.4. The molecule has 0 unspecified atom stereocenters. The Morgan fingerprint density at radius 1 is 1.22 bits per heavy atom. The maximum Gasteiger partial charge on any atom is 0.309 e. The normalized spacial score (nSPS) is 20.6. The standard InChI is InChI=1S/C17H22N2O4/c1-12(20)14-5-3-4-6-15(14)18-16(21)11-19-9-7-13(8-10-19)17(22)23-2/h3-6,13H,7-11H2,1-2H3,(H,18,21)/p+1. The van der Waals surface area contributed by atoms with Gasteiger partial charge in [-0.2, -0.15) is 0 Å². The second-order valence-corrected chi connectivity index (χ2v) is 5.87. The largest absolute Gasteiger partial charge is 0.469 e. The van der Waals surface area contributed by atoms with E-state index < -0.39 is 0 Å². The first-order valence-electron chi connectivity index (χ1n) is 7.82. The first kappa shape index (κ1) is 17.1. The van der Waals surface area contributed by atoms with Crippen molar-refractivity contribution in [2.24, 2.45) is 5.92 Å². The summed E-state index contributed by atoms with van der Waals surface area (Å²) in [5.74, 6) is -0.411. The van der Waals surface area contributed by atoms with Crippen LogP contribution < -0.4 is 10.2 Å². The maximum absolute atomic E-state index is 12.2. The number of esters is 1. The Hall–Kier alpha value is -2.21. The van der Waals surface area contributed by atoms with Gasteiger partial charge in [0.2, 0.25) is 0 Å². The maximum atomic E-state index is 12.2. The highest BCUT2D eigenvalue weighted by Gasteiger charge is 2.29. The first-order chi connectivity index (χ1) is 11.0. The van der Waals surface area contributed by atoms with E-state index >= 15 is 0 Å². The molecule has 0 bridgehead atoms. The summed E-state index contributed by atoms with van der Waals surface area (Å²) in [7, 11) is 1.40.